The molecule has 0 saturated heterocycles. The molecule has 1 saturated carbocycles. The van der Waals surface area contributed by atoms with Crippen molar-refractivity contribution in [3.63, 3.8) is 0 Å². The third-order valence-electron chi connectivity index (χ3n) is 5.45. The van der Waals surface area contributed by atoms with Crippen LogP contribution >= 0.6 is 0 Å². The third kappa shape index (κ3) is 4.09. The highest BCUT2D eigenvalue weighted by molar-refractivity contribution is 6.04. The Bertz CT molecular complexity index is 906. The molecule has 0 bridgehead atoms. The Morgan fingerprint density at radius 2 is 1.56 bits per heavy atom. The molecule has 3 nitrogen and oxygen atoms in total. The molecule has 136 valence electrons. The van der Waals surface area contributed by atoms with Gasteiger partial charge in [0.25, 0.3) is 5.91 Å². The van der Waals surface area contributed by atoms with Crippen molar-refractivity contribution >= 4 is 11.6 Å². The molecule has 0 unspecified atom stereocenters. The number of nitrogens with one attached hydrogen (secondary N) is 1. The molecule has 0 aliphatic heterocycles. The van der Waals surface area contributed by atoms with E-state index < -0.39 is 0 Å². The second kappa shape index (κ2) is 7.37. The predicted molar refractivity (Wildman–Crippen MR) is 110 cm³/mol. The van der Waals surface area contributed by atoms with Gasteiger partial charge in [0.2, 0.25) is 0 Å². The SMILES string of the molecule is N[C@@]1(CCc2ccccc2)C[C@H]1c1ccc(NC(=O)c2ccccc2)cc1. The zero-order chi connectivity index (χ0) is 18.7. The molecule has 4 rings (SSSR count). The number of rotatable bonds is 6. The van der Waals surface area contributed by atoms with Gasteiger partial charge in [-0.15, -0.1) is 0 Å². The molecule has 0 spiro atoms. The normalized spacial score (nSPS) is 20.9. The summed E-state index contributed by atoms with van der Waals surface area (Å²) in [5, 5.41) is 2.94. The topological polar surface area (TPSA) is 55.1 Å². The van der Waals surface area contributed by atoms with Gasteiger partial charge in [-0.25, -0.2) is 0 Å². The monoisotopic (exact) mass is 356 g/mol. The summed E-state index contributed by atoms with van der Waals surface area (Å²) in [6.07, 6.45) is 3.03. The van der Waals surface area contributed by atoms with Gasteiger partial charge in [-0.05, 0) is 54.7 Å². The van der Waals surface area contributed by atoms with Crippen molar-refractivity contribution in [2.24, 2.45) is 5.73 Å². The second-order valence-corrected chi connectivity index (χ2v) is 7.42. The minimum atomic E-state index is -0.107. The van der Waals surface area contributed by atoms with Gasteiger partial charge in [0.05, 0.1) is 0 Å². The van der Waals surface area contributed by atoms with Crippen molar-refractivity contribution in [2.75, 3.05) is 5.32 Å². The van der Waals surface area contributed by atoms with Crippen LogP contribution in [0.25, 0.3) is 0 Å². The molecule has 3 aromatic rings. The molecule has 1 aliphatic carbocycles. The summed E-state index contributed by atoms with van der Waals surface area (Å²) in [7, 11) is 0. The number of amides is 1. The molecular weight excluding hydrogens is 332 g/mol. The van der Waals surface area contributed by atoms with Crippen LogP contribution in [0.4, 0.5) is 5.69 Å². The van der Waals surface area contributed by atoms with Crippen molar-refractivity contribution in [3.05, 3.63) is 102 Å². The van der Waals surface area contributed by atoms with E-state index in [1.165, 1.54) is 11.1 Å². The molecule has 2 atom stereocenters. The Morgan fingerprint density at radius 3 is 2.22 bits per heavy atom. The molecule has 0 aromatic heterocycles. The average Bonchev–Trinajstić information content (AvgIpc) is 3.40. The maximum Gasteiger partial charge on any atom is 0.255 e. The number of benzene rings is 3. The van der Waals surface area contributed by atoms with Crippen LogP contribution in [0.2, 0.25) is 0 Å². The second-order valence-electron chi connectivity index (χ2n) is 7.42. The molecule has 27 heavy (non-hydrogen) atoms. The predicted octanol–water partition coefficient (Wildman–Crippen LogP) is 4.76. The molecule has 1 amide bonds. The van der Waals surface area contributed by atoms with E-state index in [0.717, 1.165) is 24.9 Å². The maximum absolute atomic E-state index is 12.2. The van der Waals surface area contributed by atoms with Crippen LogP contribution in [0, 0.1) is 0 Å². The van der Waals surface area contributed by atoms with E-state index >= 15 is 0 Å². The van der Waals surface area contributed by atoms with E-state index in [-0.39, 0.29) is 11.4 Å². The van der Waals surface area contributed by atoms with Crippen LogP contribution < -0.4 is 11.1 Å². The quantitative estimate of drug-likeness (QED) is 0.669. The van der Waals surface area contributed by atoms with E-state index in [4.69, 9.17) is 5.73 Å². The number of hydrogen-bond acceptors (Lipinski definition) is 2. The summed E-state index contributed by atoms with van der Waals surface area (Å²) in [5.41, 5.74) is 10.5. The number of anilines is 1. The fraction of sp³-hybridized carbons (Fsp3) is 0.208. The first-order valence-corrected chi connectivity index (χ1v) is 9.43. The van der Waals surface area contributed by atoms with Crippen LogP contribution in [-0.4, -0.2) is 11.4 Å². The van der Waals surface area contributed by atoms with Crippen LogP contribution in [0.15, 0.2) is 84.9 Å². The Labute approximate surface area is 160 Å². The van der Waals surface area contributed by atoms with Gasteiger partial charge in [-0.1, -0.05) is 60.7 Å². The lowest BCUT2D eigenvalue weighted by molar-refractivity contribution is 0.102. The molecular formula is C24H24N2O. The Morgan fingerprint density at radius 1 is 0.926 bits per heavy atom. The van der Waals surface area contributed by atoms with Crippen molar-refractivity contribution in [2.45, 2.75) is 30.7 Å². The first kappa shape index (κ1) is 17.5. The lowest BCUT2D eigenvalue weighted by Gasteiger charge is -2.12. The molecule has 3 aromatic carbocycles. The molecule has 1 aliphatic rings. The highest BCUT2D eigenvalue weighted by Gasteiger charge is 2.50. The van der Waals surface area contributed by atoms with E-state index in [1.807, 2.05) is 48.5 Å². The lowest BCUT2D eigenvalue weighted by atomic mass is 9.99. The van der Waals surface area contributed by atoms with Gasteiger partial charge in [0, 0.05) is 22.7 Å². The standard InChI is InChI=1S/C24H24N2O/c25-24(16-15-18-7-3-1-4-8-18)17-22(24)19-11-13-21(14-12-19)26-23(27)20-9-5-2-6-10-20/h1-14,22H,15-17,25H2,(H,26,27)/t22-,24-/m0/s1. The number of carbonyl (C=O) groups excluding carboxylic acids is 1. The number of nitrogens with two attached hydrogens (primary N) is 1. The first-order chi connectivity index (χ1) is 13.1. The third-order valence-corrected chi connectivity index (χ3v) is 5.45. The van der Waals surface area contributed by atoms with Gasteiger partial charge in [0.15, 0.2) is 0 Å². The maximum atomic E-state index is 12.2. The van der Waals surface area contributed by atoms with Gasteiger partial charge >= 0.3 is 0 Å². The summed E-state index contributed by atoms with van der Waals surface area (Å²) in [6, 6.07) is 27.9. The Kier molecular flexibility index (Phi) is 4.78. The number of carbonyl (C=O) groups is 1. The summed E-state index contributed by atoms with van der Waals surface area (Å²) in [6.45, 7) is 0. The lowest BCUT2D eigenvalue weighted by Crippen LogP contribution is -2.25. The van der Waals surface area contributed by atoms with Crippen LogP contribution in [0.3, 0.4) is 0 Å². The number of hydrogen-bond donors (Lipinski definition) is 2. The minimum Gasteiger partial charge on any atom is -0.325 e. The molecule has 0 radical (unpaired) electrons. The van der Waals surface area contributed by atoms with E-state index in [0.29, 0.717) is 11.5 Å². The van der Waals surface area contributed by atoms with Crippen molar-refractivity contribution in [3.8, 4) is 0 Å². The zero-order valence-electron chi connectivity index (χ0n) is 15.3. The molecule has 3 heteroatoms. The van der Waals surface area contributed by atoms with Gasteiger partial charge in [-0.2, -0.15) is 0 Å². The first-order valence-electron chi connectivity index (χ1n) is 9.43. The highest BCUT2D eigenvalue weighted by atomic mass is 16.1. The highest BCUT2D eigenvalue weighted by Crippen LogP contribution is 2.52. The van der Waals surface area contributed by atoms with Gasteiger partial charge in [-0.3, -0.25) is 4.79 Å². The Hall–Kier alpha value is -2.91. The fourth-order valence-electron chi connectivity index (χ4n) is 3.66. The average molecular weight is 356 g/mol. The minimum absolute atomic E-state index is 0.0918. The van der Waals surface area contributed by atoms with Crippen molar-refractivity contribution in [1.29, 1.82) is 0 Å². The van der Waals surface area contributed by atoms with E-state index in [1.54, 1.807) is 0 Å². The fourth-order valence-corrected chi connectivity index (χ4v) is 3.66. The van der Waals surface area contributed by atoms with E-state index in [2.05, 4.69) is 41.7 Å². The Balaban J connectivity index is 1.35. The summed E-state index contributed by atoms with van der Waals surface area (Å²) < 4.78 is 0. The summed E-state index contributed by atoms with van der Waals surface area (Å²) in [4.78, 5) is 12.2. The van der Waals surface area contributed by atoms with Gasteiger partial charge < -0.3 is 11.1 Å². The molecule has 0 heterocycles. The van der Waals surface area contributed by atoms with Crippen LogP contribution in [-0.2, 0) is 6.42 Å². The van der Waals surface area contributed by atoms with E-state index in [9.17, 15) is 4.79 Å². The number of aryl methyl sites for hydroxylation is 1. The summed E-state index contributed by atoms with van der Waals surface area (Å²) in [5.74, 6) is 0.311. The zero-order valence-corrected chi connectivity index (χ0v) is 15.3. The molecule has 3 N–H and O–H groups in total. The smallest absolute Gasteiger partial charge is 0.255 e. The summed E-state index contributed by atoms with van der Waals surface area (Å²) >= 11 is 0. The van der Waals surface area contributed by atoms with Crippen LogP contribution in [0.5, 0.6) is 0 Å². The largest absolute Gasteiger partial charge is 0.325 e. The van der Waals surface area contributed by atoms with Crippen molar-refractivity contribution < 1.29 is 4.79 Å². The molecule has 1 fully saturated rings. The van der Waals surface area contributed by atoms with Crippen molar-refractivity contribution in [1.82, 2.24) is 0 Å². The van der Waals surface area contributed by atoms with Crippen LogP contribution in [0.1, 0.15) is 40.2 Å². The van der Waals surface area contributed by atoms with Gasteiger partial charge in [0.1, 0.15) is 0 Å².